The van der Waals surface area contributed by atoms with Crippen LogP contribution in [-0.2, 0) is 11.3 Å². The zero-order valence-corrected chi connectivity index (χ0v) is 15.3. The van der Waals surface area contributed by atoms with Crippen molar-refractivity contribution in [2.45, 2.75) is 19.9 Å². The van der Waals surface area contributed by atoms with E-state index in [1.54, 1.807) is 25.3 Å². The Morgan fingerprint density at radius 2 is 1.96 bits per heavy atom. The van der Waals surface area contributed by atoms with Gasteiger partial charge in [0.2, 0.25) is 5.91 Å². The van der Waals surface area contributed by atoms with Crippen molar-refractivity contribution in [1.82, 2.24) is 5.32 Å². The van der Waals surface area contributed by atoms with Crippen LogP contribution in [0.15, 0.2) is 42.5 Å². The highest BCUT2D eigenvalue weighted by Crippen LogP contribution is 2.27. The summed E-state index contributed by atoms with van der Waals surface area (Å²) in [4.78, 5) is 12.2. The Balaban J connectivity index is 1.88. The van der Waals surface area contributed by atoms with Crippen molar-refractivity contribution >= 4 is 28.9 Å². The Labute approximate surface area is 153 Å². The molecule has 0 bridgehead atoms. The molecule has 2 rings (SSSR count). The van der Waals surface area contributed by atoms with Gasteiger partial charge in [0, 0.05) is 30.2 Å². The third kappa shape index (κ3) is 5.96. The third-order valence-electron chi connectivity index (χ3n) is 3.69. The third-order valence-corrected chi connectivity index (χ3v) is 3.92. The lowest BCUT2D eigenvalue weighted by atomic mass is 10.1. The van der Waals surface area contributed by atoms with Crippen LogP contribution in [-0.4, -0.2) is 26.1 Å². The molecule has 25 heavy (non-hydrogen) atoms. The maximum atomic E-state index is 12.2. The van der Waals surface area contributed by atoms with Gasteiger partial charge in [-0.25, -0.2) is 0 Å². The number of methoxy groups -OCH3 is 1. The predicted octanol–water partition coefficient (Wildman–Crippen LogP) is 3.90. The summed E-state index contributed by atoms with van der Waals surface area (Å²) in [5, 5.41) is 10.0. The molecule has 0 aliphatic heterocycles. The summed E-state index contributed by atoms with van der Waals surface area (Å²) in [7, 11) is 1.60. The maximum Gasteiger partial charge on any atom is 0.226 e. The van der Waals surface area contributed by atoms with E-state index >= 15 is 0 Å². The average molecular weight is 362 g/mol. The molecule has 0 fully saturated rings. The fourth-order valence-corrected chi connectivity index (χ4v) is 2.57. The topological polar surface area (TPSA) is 62.4 Å². The number of hydrogen-bond acceptors (Lipinski definition) is 4. The van der Waals surface area contributed by atoms with Gasteiger partial charge >= 0.3 is 0 Å². The minimum absolute atomic E-state index is 0.0440. The summed E-state index contributed by atoms with van der Waals surface area (Å²) in [6.45, 7) is 4.15. The van der Waals surface area contributed by atoms with Crippen molar-refractivity contribution in [3.63, 3.8) is 0 Å². The molecule has 0 aliphatic carbocycles. The molecule has 0 spiro atoms. The molecular weight excluding hydrogens is 338 g/mol. The predicted molar refractivity (Wildman–Crippen MR) is 104 cm³/mol. The number of amides is 1. The first-order chi connectivity index (χ1) is 12.1. The van der Waals surface area contributed by atoms with Gasteiger partial charge in [-0.2, -0.15) is 0 Å². The van der Waals surface area contributed by atoms with Gasteiger partial charge in [-0.1, -0.05) is 36.7 Å². The monoisotopic (exact) mass is 361 g/mol. The van der Waals surface area contributed by atoms with Gasteiger partial charge in [0.05, 0.1) is 12.8 Å². The van der Waals surface area contributed by atoms with E-state index in [0.29, 0.717) is 23.7 Å². The van der Waals surface area contributed by atoms with Gasteiger partial charge in [0.15, 0.2) is 0 Å². The highest BCUT2D eigenvalue weighted by molar-refractivity contribution is 6.30. The summed E-state index contributed by atoms with van der Waals surface area (Å²) in [5.74, 6) is 0.651. The fraction of sp³-hybridized carbons (Fsp3) is 0.316. The molecule has 5 nitrogen and oxygen atoms in total. The summed E-state index contributed by atoms with van der Waals surface area (Å²) in [6, 6.07) is 13.1. The van der Waals surface area contributed by atoms with E-state index in [1.165, 1.54) is 0 Å². The molecular formula is C19H24ClN3O2. The Morgan fingerprint density at radius 3 is 2.72 bits per heavy atom. The second-order valence-electron chi connectivity index (χ2n) is 5.51. The maximum absolute atomic E-state index is 12.2. The van der Waals surface area contributed by atoms with Crippen molar-refractivity contribution in [3.05, 3.63) is 53.1 Å². The van der Waals surface area contributed by atoms with Crippen molar-refractivity contribution in [2.24, 2.45) is 0 Å². The molecule has 0 radical (unpaired) electrons. The molecule has 6 heteroatoms. The van der Waals surface area contributed by atoms with Crippen molar-refractivity contribution in [1.29, 1.82) is 0 Å². The van der Waals surface area contributed by atoms with Crippen LogP contribution in [0.4, 0.5) is 11.4 Å². The van der Waals surface area contributed by atoms with Crippen molar-refractivity contribution in [2.75, 3.05) is 30.8 Å². The normalized spacial score (nSPS) is 10.4. The molecule has 0 atom stereocenters. The molecule has 0 heterocycles. The number of carbonyl (C=O) groups excluding carboxylic acids is 1. The Bertz CT molecular complexity index is 707. The first-order valence-corrected chi connectivity index (χ1v) is 8.67. The van der Waals surface area contributed by atoms with E-state index in [9.17, 15) is 4.79 Å². The quantitative estimate of drug-likeness (QED) is 0.634. The van der Waals surface area contributed by atoms with E-state index in [2.05, 4.69) is 22.9 Å². The molecule has 0 aliphatic rings. The lowest BCUT2D eigenvalue weighted by Gasteiger charge is -2.13. The fourth-order valence-electron chi connectivity index (χ4n) is 2.40. The van der Waals surface area contributed by atoms with E-state index in [0.717, 1.165) is 30.0 Å². The molecule has 0 unspecified atom stereocenters. The molecule has 3 N–H and O–H groups in total. The van der Waals surface area contributed by atoms with Gasteiger partial charge in [-0.3, -0.25) is 4.79 Å². The Morgan fingerprint density at radius 1 is 1.16 bits per heavy atom. The molecule has 134 valence electrons. The largest absolute Gasteiger partial charge is 0.495 e. The van der Waals surface area contributed by atoms with Crippen LogP contribution in [0.2, 0.25) is 5.02 Å². The number of hydrogen-bond donors (Lipinski definition) is 3. The minimum Gasteiger partial charge on any atom is -0.495 e. The summed E-state index contributed by atoms with van der Waals surface area (Å²) >= 11 is 6.00. The van der Waals surface area contributed by atoms with Crippen molar-refractivity contribution in [3.8, 4) is 5.75 Å². The molecule has 1 amide bonds. The smallest absolute Gasteiger partial charge is 0.226 e. The Hall–Kier alpha value is -2.24. The van der Waals surface area contributed by atoms with Gasteiger partial charge in [0.1, 0.15) is 5.75 Å². The summed E-state index contributed by atoms with van der Waals surface area (Å²) in [5.41, 5.74) is 2.69. The molecule has 2 aromatic rings. The van der Waals surface area contributed by atoms with E-state index < -0.39 is 0 Å². The number of anilines is 2. The van der Waals surface area contributed by atoms with Crippen LogP contribution in [0.25, 0.3) is 0 Å². The number of carbonyl (C=O) groups is 1. The standard InChI is InChI=1S/C19H24ClN3O2/c1-3-21-13-14-6-4-5-7-16(14)23-19(24)10-11-22-17-12-15(20)8-9-18(17)25-2/h4-9,12,21-22H,3,10-11,13H2,1-2H3,(H,23,24). The van der Waals surface area contributed by atoms with Gasteiger partial charge < -0.3 is 20.7 Å². The second kappa shape index (κ2) is 9.91. The van der Waals surface area contributed by atoms with E-state index in [-0.39, 0.29) is 5.91 Å². The average Bonchev–Trinajstić information content (AvgIpc) is 2.61. The lowest BCUT2D eigenvalue weighted by Crippen LogP contribution is -2.19. The summed E-state index contributed by atoms with van der Waals surface area (Å²) in [6.07, 6.45) is 0.339. The zero-order valence-electron chi connectivity index (χ0n) is 14.6. The van der Waals surface area contributed by atoms with Gasteiger partial charge in [0.25, 0.3) is 0 Å². The van der Waals surface area contributed by atoms with E-state index in [1.807, 2.05) is 24.3 Å². The number of para-hydroxylation sites is 1. The van der Waals surface area contributed by atoms with Crippen LogP contribution in [0.3, 0.4) is 0 Å². The van der Waals surface area contributed by atoms with Crippen LogP contribution in [0.5, 0.6) is 5.75 Å². The Kier molecular flexibility index (Phi) is 7.57. The molecule has 0 saturated carbocycles. The first kappa shape index (κ1) is 19.1. The number of benzene rings is 2. The van der Waals surface area contributed by atoms with Crippen LogP contribution >= 0.6 is 11.6 Å². The zero-order chi connectivity index (χ0) is 18.1. The van der Waals surface area contributed by atoms with Gasteiger partial charge in [-0.15, -0.1) is 0 Å². The van der Waals surface area contributed by atoms with Crippen LogP contribution < -0.4 is 20.7 Å². The number of rotatable bonds is 9. The van der Waals surface area contributed by atoms with Crippen LogP contribution in [0.1, 0.15) is 18.9 Å². The van der Waals surface area contributed by atoms with Crippen molar-refractivity contribution < 1.29 is 9.53 Å². The lowest BCUT2D eigenvalue weighted by molar-refractivity contribution is -0.115. The highest BCUT2D eigenvalue weighted by Gasteiger charge is 2.08. The number of halogens is 1. The second-order valence-corrected chi connectivity index (χ2v) is 5.94. The summed E-state index contributed by atoms with van der Waals surface area (Å²) < 4.78 is 5.28. The minimum atomic E-state index is -0.0440. The number of ether oxygens (including phenoxy) is 1. The molecule has 2 aromatic carbocycles. The van der Waals surface area contributed by atoms with Gasteiger partial charge in [-0.05, 0) is 36.4 Å². The molecule has 0 saturated heterocycles. The van der Waals surface area contributed by atoms with E-state index in [4.69, 9.17) is 16.3 Å². The highest BCUT2D eigenvalue weighted by atomic mass is 35.5. The SMILES string of the molecule is CCNCc1ccccc1NC(=O)CCNc1cc(Cl)ccc1OC. The van der Waals surface area contributed by atoms with Crippen LogP contribution in [0, 0.1) is 0 Å². The first-order valence-electron chi connectivity index (χ1n) is 8.30. The molecule has 0 aromatic heterocycles. The number of nitrogens with one attached hydrogen (secondary N) is 3.